The molecule has 1 heterocycles. The lowest BCUT2D eigenvalue weighted by molar-refractivity contribution is 0.0953. The fourth-order valence-corrected chi connectivity index (χ4v) is 2.08. The molecule has 0 bridgehead atoms. The Morgan fingerprint density at radius 3 is 2.67 bits per heavy atom. The van der Waals surface area contributed by atoms with Gasteiger partial charge in [-0.05, 0) is 36.8 Å². The maximum atomic E-state index is 12.0. The molecule has 0 fully saturated rings. The summed E-state index contributed by atoms with van der Waals surface area (Å²) in [7, 11) is 0. The highest BCUT2D eigenvalue weighted by Gasteiger charge is 2.06. The standard InChI is InChI=1S/C16H18BrN3O/c1-2-3-8-19-16(21)12-9-15(11-18-10-12)20-14-6-4-13(17)5-7-14/h4-7,9-11,20H,2-3,8H2,1H3,(H,19,21). The lowest BCUT2D eigenvalue weighted by Crippen LogP contribution is -2.24. The zero-order valence-corrected chi connectivity index (χ0v) is 13.5. The normalized spacial score (nSPS) is 10.2. The second-order valence-corrected chi connectivity index (χ2v) is 5.62. The Labute approximate surface area is 133 Å². The third kappa shape index (κ3) is 4.86. The van der Waals surface area contributed by atoms with Crippen molar-refractivity contribution >= 4 is 33.2 Å². The van der Waals surface area contributed by atoms with E-state index in [0.29, 0.717) is 12.1 Å². The second kappa shape index (κ2) is 7.78. The lowest BCUT2D eigenvalue weighted by atomic mass is 10.2. The van der Waals surface area contributed by atoms with E-state index in [1.165, 1.54) is 0 Å². The molecule has 0 radical (unpaired) electrons. The number of unbranched alkanes of at least 4 members (excludes halogenated alkanes) is 1. The smallest absolute Gasteiger partial charge is 0.252 e. The first-order valence-corrected chi connectivity index (χ1v) is 7.74. The Morgan fingerprint density at radius 1 is 1.19 bits per heavy atom. The Bertz CT molecular complexity index is 599. The maximum Gasteiger partial charge on any atom is 0.252 e. The van der Waals surface area contributed by atoms with Crippen molar-refractivity contribution in [3.05, 3.63) is 52.8 Å². The Hall–Kier alpha value is -1.88. The minimum Gasteiger partial charge on any atom is -0.354 e. The first-order valence-electron chi connectivity index (χ1n) is 6.95. The number of carbonyl (C=O) groups is 1. The van der Waals surface area contributed by atoms with Crippen molar-refractivity contribution in [2.24, 2.45) is 0 Å². The molecule has 0 unspecified atom stereocenters. The predicted molar refractivity (Wildman–Crippen MR) is 88.9 cm³/mol. The molecule has 0 saturated carbocycles. The molecule has 110 valence electrons. The van der Waals surface area contributed by atoms with E-state index in [0.717, 1.165) is 28.7 Å². The fraction of sp³-hybridized carbons (Fsp3) is 0.250. The van der Waals surface area contributed by atoms with Gasteiger partial charge >= 0.3 is 0 Å². The molecule has 1 aromatic carbocycles. The molecular weight excluding hydrogens is 330 g/mol. The zero-order valence-electron chi connectivity index (χ0n) is 11.9. The van der Waals surface area contributed by atoms with Gasteiger partial charge in [-0.15, -0.1) is 0 Å². The quantitative estimate of drug-likeness (QED) is 0.772. The van der Waals surface area contributed by atoms with Gasteiger partial charge in [-0.2, -0.15) is 0 Å². The topological polar surface area (TPSA) is 54.0 Å². The molecule has 1 aromatic heterocycles. The van der Waals surface area contributed by atoms with Crippen LogP contribution in [0.2, 0.25) is 0 Å². The van der Waals surface area contributed by atoms with E-state index in [1.807, 2.05) is 24.3 Å². The van der Waals surface area contributed by atoms with Crippen molar-refractivity contribution in [2.75, 3.05) is 11.9 Å². The molecule has 0 aliphatic carbocycles. The maximum absolute atomic E-state index is 12.0. The molecule has 2 aromatic rings. The van der Waals surface area contributed by atoms with Gasteiger partial charge in [0.1, 0.15) is 0 Å². The average molecular weight is 348 g/mol. The van der Waals surface area contributed by atoms with E-state index in [4.69, 9.17) is 0 Å². The second-order valence-electron chi connectivity index (χ2n) is 4.70. The van der Waals surface area contributed by atoms with Gasteiger partial charge in [0.15, 0.2) is 0 Å². The molecule has 5 heteroatoms. The highest BCUT2D eigenvalue weighted by atomic mass is 79.9. The summed E-state index contributed by atoms with van der Waals surface area (Å²) < 4.78 is 1.02. The van der Waals surface area contributed by atoms with Crippen LogP contribution in [0, 0.1) is 0 Å². The molecule has 0 spiro atoms. The Kier molecular flexibility index (Phi) is 5.75. The molecule has 0 saturated heterocycles. The number of hydrogen-bond acceptors (Lipinski definition) is 3. The molecule has 1 amide bonds. The monoisotopic (exact) mass is 347 g/mol. The first kappa shape index (κ1) is 15.5. The largest absolute Gasteiger partial charge is 0.354 e. The Morgan fingerprint density at radius 2 is 1.95 bits per heavy atom. The minimum absolute atomic E-state index is 0.0876. The predicted octanol–water partition coefficient (Wildman–Crippen LogP) is 4.12. The lowest BCUT2D eigenvalue weighted by Gasteiger charge is -2.08. The van der Waals surface area contributed by atoms with Crippen molar-refractivity contribution in [1.29, 1.82) is 0 Å². The van der Waals surface area contributed by atoms with Crippen LogP contribution < -0.4 is 10.6 Å². The molecule has 2 rings (SSSR count). The van der Waals surface area contributed by atoms with Crippen LogP contribution >= 0.6 is 15.9 Å². The first-order chi connectivity index (χ1) is 10.2. The van der Waals surface area contributed by atoms with Crippen LogP contribution in [0.1, 0.15) is 30.1 Å². The van der Waals surface area contributed by atoms with Gasteiger partial charge in [0.2, 0.25) is 0 Å². The number of carbonyl (C=O) groups excluding carboxylic acids is 1. The summed E-state index contributed by atoms with van der Waals surface area (Å²) in [6.45, 7) is 2.79. The SMILES string of the molecule is CCCCNC(=O)c1cncc(Nc2ccc(Br)cc2)c1. The number of anilines is 2. The van der Waals surface area contributed by atoms with Crippen molar-refractivity contribution in [1.82, 2.24) is 10.3 Å². The van der Waals surface area contributed by atoms with Gasteiger partial charge in [0, 0.05) is 22.9 Å². The molecule has 0 aliphatic rings. The minimum atomic E-state index is -0.0876. The van der Waals surface area contributed by atoms with Crippen LogP contribution in [-0.4, -0.2) is 17.4 Å². The van der Waals surface area contributed by atoms with Crippen molar-refractivity contribution in [2.45, 2.75) is 19.8 Å². The summed E-state index contributed by atoms with van der Waals surface area (Å²) in [5, 5.41) is 6.12. The van der Waals surface area contributed by atoms with Crippen LogP contribution in [0.5, 0.6) is 0 Å². The molecule has 4 nitrogen and oxygen atoms in total. The van der Waals surface area contributed by atoms with Crippen molar-refractivity contribution in [3.63, 3.8) is 0 Å². The van der Waals surface area contributed by atoms with Crippen molar-refractivity contribution < 1.29 is 4.79 Å². The number of halogens is 1. The van der Waals surface area contributed by atoms with Gasteiger partial charge in [0.25, 0.3) is 5.91 Å². The van der Waals surface area contributed by atoms with E-state index in [-0.39, 0.29) is 5.91 Å². The van der Waals surface area contributed by atoms with Gasteiger partial charge in [-0.3, -0.25) is 9.78 Å². The summed E-state index contributed by atoms with van der Waals surface area (Å²) in [6, 6.07) is 9.63. The van der Waals surface area contributed by atoms with E-state index in [1.54, 1.807) is 18.5 Å². The van der Waals surface area contributed by atoms with E-state index < -0.39 is 0 Å². The summed E-state index contributed by atoms with van der Waals surface area (Å²) in [5.41, 5.74) is 2.30. The number of hydrogen-bond donors (Lipinski definition) is 2. The Balaban J connectivity index is 2.03. The molecule has 21 heavy (non-hydrogen) atoms. The molecule has 0 atom stereocenters. The van der Waals surface area contributed by atoms with Crippen LogP contribution in [0.3, 0.4) is 0 Å². The number of benzene rings is 1. The number of amides is 1. The third-order valence-electron chi connectivity index (χ3n) is 2.95. The molecular formula is C16H18BrN3O. The van der Waals surface area contributed by atoms with Gasteiger partial charge in [0.05, 0.1) is 17.4 Å². The van der Waals surface area contributed by atoms with Gasteiger partial charge in [-0.1, -0.05) is 29.3 Å². The summed E-state index contributed by atoms with van der Waals surface area (Å²) in [5.74, 6) is -0.0876. The van der Waals surface area contributed by atoms with E-state index >= 15 is 0 Å². The number of rotatable bonds is 6. The molecule has 0 aliphatic heterocycles. The van der Waals surface area contributed by atoms with Crippen LogP contribution in [0.15, 0.2) is 47.2 Å². The molecule has 2 N–H and O–H groups in total. The van der Waals surface area contributed by atoms with Crippen LogP contribution in [-0.2, 0) is 0 Å². The van der Waals surface area contributed by atoms with E-state index in [9.17, 15) is 4.79 Å². The van der Waals surface area contributed by atoms with E-state index in [2.05, 4.69) is 38.5 Å². The van der Waals surface area contributed by atoms with Crippen molar-refractivity contribution in [3.8, 4) is 0 Å². The fourth-order valence-electron chi connectivity index (χ4n) is 1.81. The highest BCUT2D eigenvalue weighted by Crippen LogP contribution is 2.19. The average Bonchev–Trinajstić information content (AvgIpc) is 2.50. The summed E-state index contributed by atoms with van der Waals surface area (Å²) in [4.78, 5) is 16.1. The number of pyridine rings is 1. The summed E-state index contributed by atoms with van der Waals surface area (Å²) in [6.07, 6.45) is 5.32. The number of aromatic nitrogens is 1. The van der Waals surface area contributed by atoms with Crippen LogP contribution in [0.4, 0.5) is 11.4 Å². The van der Waals surface area contributed by atoms with Gasteiger partial charge in [-0.25, -0.2) is 0 Å². The zero-order chi connectivity index (χ0) is 15.1. The van der Waals surface area contributed by atoms with Gasteiger partial charge < -0.3 is 10.6 Å². The number of nitrogens with one attached hydrogen (secondary N) is 2. The number of nitrogens with zero attached hydrogens (tertiary/aromatic N) is 1. The van der Waals surface area contributed by atoms with Crippen LogP contribution in [0.25, 0.3) is 0 Å². The highest BCUT2D eigenvalue weighted by molar-refractivity contribution is 9.10. The third-order valence-corrected chi connectivity index (χ3v) is 3.48. The summed E-state index contributed by atoms with van der Waals surface area (Å²) >= 11 is 3.40.